The van der Waals surface area contributed by atoms with Gasteiger partial charge in [0, 0.05) is 13.3 Å². The van der Waals surface area contributed by atoms with Crippen LogP contribution in [-0.2, 0) is 57.0 Å². The summed E-state index contributed by atoms with van der Waals surface area (Å²) in [5.41, 5.74) is 0. The third kappa shape index (κ3) is 31.5. The van der Waals surface area contributed by atoms with Crippen LogP contribution in [0.15, 0.2) is 12.2 Å². The molecule has 18 N–H and O–H groups in total. The average Bonchev–Trinajstić information content (AvgIpc) is 0.773. The molecule has 5 heterocycles. The molecule has 0 bridgehead atoms. The molecule has 106 heavy (non-hydrogen) atoms. The van der Waals surface area contributed by atoms with Crippen molar-refractivity contribution in [1.29, 1.82) is 0 Å². The first-order valence-corrected chi connectivity index (χ1v) is 40.5. The molecular formula is C76H140N2O28. The zero-order chi connectivity index (χ0) is 77.3. The molecule has 0 spiro atoms. The Kier molecular flexibility index (Phi) is 47.7. The van der Waals surface area contributed by atoms with E-state index in [4.69, 9.17) is 47.4 Å². The summed E-state index contributed by atoms with van der Waals surface area (Å²) in [6.45, 7) is 0.414. The summed E-state index contributed by atoms with van der Waals surface area (Å²) in [6.07, 6.45) is 0.273. The topological polar surface area (TPSA) is 474 Å². The normalized spacial score (nSPS) is 34.3. The van der Waals surface area contributed by atoms with E-state index < -0.39 is 211 Å². The minimum Gasteiger partial charge on any atom is -0.394 e. The van der Waals surface area contributed by atoms with E-state index in [1.54, 1.807) is 6.08 Å². The van der Waals surface area contributed by atoms with Crippen molar-refractivity contribution in [3.63, 3.8) is 0 Å². The van der Waals surface area contributed by atoms with Gasteiger partial charge < -0.3 is 140 Å². The van der Waals surface area contributed by atoms with Crippen molar-refractivity contribution in [2.45, 2.75) is 418 Å². The molecular weight excluding hydrogens is 1390 g/mol. The number of amides is 2. The molecule has 0 aromatic rings. The molecule has 2 amide bonds. The number of carbonyl (C=O) groups is 2. The van der Waals surface area contributed by atoms with E-state index in [-0.39, 0.29) is 12.3 Å². The number of aliphatic hydroxyl groups is 16. The number of hydrogen-bond donors (Lipinski definition) is 18. The maximum atomic E-state index is 13.5. The van der Waals surface area contributed by atoms with Crippen LogP contribution in [-0.4, -0.2) is 299 Å². The fourth-order valence-electron chi connectivity index (χ4n) is 14.6. The summed E-state index contributed by atoms with van der Waals surface area (Å²) < 4.78 is 58.4. The summed E-state index contributed by atoms with van der Waals surface area (Å²) >= 11 is 0. The molecule has 0 aromatic heterocycles. The largest absolute Gasteiger partial charge is 0.394 e. The summed E-state index contributed by atoms with van der Waals surface area (Å²) in [6, 6.07) is -2.80. The summed E-state index contributed by atoms with van der Waals surface area (Å²) in [5.74, 6) is -1.14. The second kappa shape index (κ2) is 53.6. The SMILES string of the molecule is CCCCCCCCCCCCC/C=C/[C@@H](O)[C@H](CO[C@@H]1OC(CO)[C@@H](O[C@@H]2OC(CO)[C@H](O)[C@H](O[C@@H]3OC(CO)[C@@H](O[C@@H]4OC(CO)[C@H](O[C@@H]5OC(CO)[C@H](O)[C@H](O)C5O)[C@H](O)C4O)[C@H](O)C3NC(C)=O)C2O)[C@H](O)C1O)NC(=O)CCCCCCCCCCCCCCCCCCCCCCCCC. The maximum Gasteiger partial charge on any atom is 0.220 e. The number of rotatable bonds is 56. The number of ether oxygens (including phenoxy) is 10. The Balaban J connectivity index is 1.14. The summed E-state index contributed by atoms with van der Waals surface area (Å²) in [4.78, 5) is 26.3. The molecule has 0 aromatic carbocycles. The fourth-order valence-corrected chi connectivity index (χ4v) is 14.6. The lowest BCUT2D eigenvalue weighted by Gasteiger charge is -2.50. The van der Waals surface area contributed by atoms with Gasteiger partial charge in [0.1, 0.15) is 122 Å². The van der Waals surface area contributed by atoms with Gasteiger partial charge in [-0.2, -0.15) is 0 Å². The molecule has 0 aliphatic carbocycles. The first-order valence-electron chi connectivity index (χ1n) is 40.5. The van der Waals surface area contributed by atoms with Crippen LogP contribution in [0.25, 0.3) is 0 Å². The lowest BCUT2D eigenvalue weighted by Crippen LogP contribution is -2.70. The van der Waals surface area contributed by atoms with E-state index in [1.807, 2.05) is 6.08 Å². The number of allylic oxidation sites excluding steroid dienone is 1. The molecule has 622 valence electrons. The van der Waals surface area contributed by atoms with Crippen LogP contribution in [0.1, 0.15) is 252 Å². The van der Waals surface area contributed by atoms with Crippen molar-refractivity contribution < 1.29 is 139 Å². The molecule has 5 aliphatic rings. The van der Waals surface area contributed by atoms with Gasteiger partial charge in [-0.25, -0.2) is 0 Å². The quantitative estimate of drug-likeness (QED) is 0.0307. The van der Waals surface area contributed by atoms with Gasteiger partial charge in [0.25, 0.3) is 0 Å². The second-order valence-corrected chi connectivity index (χ2v) is 29.9. The Morgan fingerprint density at radius 1 is 0.368 bits per heavy atom. The van der Waals surface area contributed by atoms with E-state index in [1.165, 1.54) is 167 Å². The van der Waals surface area contributed by atoms with E-state index in [9.17, 15) is 91.3 Å². The molecule has 0 radical (unpaired) electrons. The molecule has 30 heteroatoms. The minimum atomic E-state index is -2.14. The van der Waals surface area contributed by atoms with E-state index in [0.29, 0.717) is 12.8 Å². The lowest BCUT2D eigenvalue weighted by atomic mass is 9.94. The van der Waals surface area contributed by atoms with E-state index >= 15 is 0 Å². The highest BCUT2D eigenvalue weighted by Gasteiger charge is 2.57. The lowest BCUT2D eigenvalue weighted by molar-refractivity contribution is -0.386. The van der Waals surface area contributed by atoms with E-state index in [0.717, 1.165) is 51.9 Å². The van der Waals surface area contributed by atoms with Crippen molar-refractivity contribution in [2.24, 2.45) is 0 Å². The van der Waals surface area contributed by atoms with Crippen LogP contribution in [0.5, 0.6) is 0 Å². The molecule has 27 atom stereocenters. The first kappa shape index (κ1) is 94.2. The Hall–Kier alpha value is -2.36. The predicted molar refractivity (Wildman–Crippen MR) is 386 cm³/mol. The number of aliphatic hydroxyl groups excluding tert-OH is 16. The molecule has 10 unspecified atom stereocenters. The van der Waals surface area contributed by atoms with Gasteiger partial charge in [-0.1, -0.05) is 231 Å². The Morgan fingerprint density at radius 3 is 1.11 bits per heavy atom. The van der Waals surface area contributed by atoms with Gasteiger partial charge in [-0.05, 0) is 19.3 Å². The number of nitrogens with one attached hydrogen (secondary N) is 2. The van der Waals surface area contributed by atoms with Gasteiger partial charge >= 0.3 is 0 Å². The van der Waals surface area contributed by atoms with Crippen LogP contribution < -0.4 is 10.6 Å². The van der Waals surface area contributed by atoms with Gasteiger partial charge in [0.15, 0.2) is 31.5 Å². The number of hydrogen-bond acceptors (Lipinski definition) is 28. The van der Waals surface area contributed by atoms with Crippen LogP contribution in [0.4, 0.5) is 0 Å². The summed E-state index contributed by atoms with van der Waals surface area (Å²) in [5, 5.41) is 181. The molecule has 5 aliphatic heterocycles. The molecule has 5 rings (SSSR count). The van der Waals surface area contributed by atoms with Crippen LogP contribution in [0.2, 0.25) is 0 Å². The fraction of sp³-hybridized carbons (Fsp3) is 0.947. The molecule has 0 saturated carbocycles. The van der Waals surface area contributed by atoms with Crippen molar-refractivity contribution >= 4 is 11.8 Å². The average molecular weight is 1530 g/mol. The van der Waals surface area contributed by atoms with Crippen molar-refractivity contribution in [1.82, 2.24) is 10.6 Å². The third-order valence-corrected chi connectivity index (χ3v) is 21.2. The highest BCUT2D eigenvalue weighted by molar-refractivity contribution is 5.76. The number of carbonyl (C=O) groups excluding carboxylic acids is 2. The van der Waals surface area contributed by atoms with Crippen LogP contribution in [0.3, 0.4) is 0 Å². The summed E-state index contributed by atoms with van der Waals surface area (Å²) in [7, 11) is 0. The standard InChI is InChI=1S/C76H140N2O28/c1-4-6-8-10-12-14-16-18-19-20-21-22-23-24-25-26-27-29-31-33-35-37-39-41-56(86)78-49(50(85)40-38-36-34-32-30-28-17-15-13-11-9-7-5-2)47-97-73-65(94)62(91)69(54(45-82)101-73)105-76-67(96)71(59(88)52(43-80)99-76)106-72-57(77-48(3)84)60(89)68(53(44-81)100-72)103-75-66(95)63(92)70(55(46-83)102-75)104-74-64(93)61(90)58(87)51(42-79)98-74/h38,40,49-55,57-76,79-83,85,87-96H,4-37,39,41-47H2,1-3H3,(H,77,84)(H,78,86)/b40-38+/t49-,50+,51?,52?,53?,54?,55?,57?,58-,59-,60+,61-,62+,63+,64?,65?,66?,67?,68+,69+,70-,71-,72-,73+,74-,75-,76-/m0/s1. The zero-order valence-electron chi connectivity index (χ0n) is 63.5. The van der Waals surface area contributed by atoms with Crippen LogP contribution in [0, 0.1) is 0 Å². The van der Waals surface area contributed by atoms with Crippen LogP contribution >= 0.6 is 0 Å². The van der Waals surface area contributed by atoms with Crippen molar-refractivity contribution in [2.75, 3.05) is 39.6 Å². The Labute approximate surface area is 628 Å². The minimum absolute atomic E-state index is 0.195. The zero-order valence-corrected chi connectivity index (χ0v) is 63.5. The maximum absolute atomic E-state index is 13.5. The molecule has 5 saturated heterocycles. The highest BCUT2D eigenvalue weighted by atomic mass is 16.8. The monoisotopic (exact) mass is 1530 g/mol. The van der Waals surface area contributed by atoms with Gasteiger partial charge in [0.2, 0.25) is 11.8 Å². The molecule has 30 nitrogen and oxygen atoms in total. The molecule has 5 fully saturated rings. The van der Waals surface area contributed by atoms with E-state index in [2.05, 4.69) is 24.5 Å². The van der Waals surface area contributed by atoms with Gasteiger partial charge in [0.05, 0.1) is 51.8 Å². The highest BCUT2D eigenvalue weighted by Crippen LogP contribution is 2.37. The van der Waals surface area contributed by atoms with Crippen molar-refractivity contribution in [3.05, 3.63) is 12.2 Å². The Bertz CT molecular complexity index is 2290. The van der Waals surface area contributed by atoms with Crippen molar-refractivity contribution in [3.8, 4) is 0 Å². The van der Waals surface area contributed by atoms with Gasteiger partial charge in [-0.3, -0.25) is 9.59 Å². The predicted octanol–water partition coefficient (Wildman–Crippen LogP) is 2.73. The second-order valence-electron chi connectivity index (χ2n) is 29.9. The smallest absolute Gasteiger partial charge is 0.220 e. The third-order valence-electron chi connectivity index (χ3n) is 21.2. The Morgan fingerprint density at radius 2 is 0.698 bits per heavy atom. The number of unbranched alkanes of at least 4 members (excludes halogenated alkanes) is 33. The van der Waals surface area contributed by atoms with Gasteiger partial charge in [-0.15, -0.1) is 0 Å². The first-order chi connectivity index (χ1) is 51.2.